The Labute approximate surface area is 88.4 Å². The zero-order valence-electron chi connectivity index (χ0n) is 8.40. The fourth-order valence-electron chi connectivity index (χ4n) is 1.71. The Bertz CT molecular complexity index is 365. The molecule has 4 heteroatoms. The number of fused-ring (bicyclic) bond motifs is 1. The van der Waals surface area contributed by atoms with Gasteiger partial charge in [-0.3, -0.25) is 4.79 Å². The molecule has 1 amide bonds. The van der Waals surface area contributed by atoms with Crippen molar-refractivity contribution in [3.8, 4) is 5.75 Å². The highest BCUT2D eigenvalue weighted by Gasteiger charge is 2.20. The van der Waals surface area contributed by atoms with E-state index >= 15 is 0 Å². The summed E-state index contributed by atoms with van der Waals surface area (Å²) in [4.78, 5) is 11.1. The summed E-state index contributed by atoms with van der Waals surface area (Å²) in [6.07, 6.45) is 0.807. The van der Waals surface area contributed by atoms with Gasteiger partial charge < -0.3 is 15.8 Å². The van der Waals surface area contributed by atoms with Gasteiger partial charge in [-0.05, 0) is 18.1 Å². The van der Waals surface area contributed by atoms with E-state index in [1.54, 1.807) is 0 Å². The van der Waals surface area contributed by atoms with Crippen LogP contribution < -0.4 is 15.8 Å². The molecule has 0 radical (unpaired) electrons. The van der Waals surface area contributed by atoms with E-state index in [4.69, 9.17) is 10.5 Å². The molecule has 2 rings (SSSR count). The molecular weight excluding hydrogens is 192 g/mol. The average molecular weight is 206 g/mol. The van der Waals surface area contributed by atoms with Crippen molar-refractivity contribution in [3.05, 3.63) is 29.8 Å². The Morgan fingerprint density at radius 1 is 1.53 bits per heavy atom. The fraction of sp³-hybridized carbons (Fsp3) is 0.364. The van der Waals surface area contributed by atoms with Crippen LogP contribution in [-0.4, -0.2) is 25.1 Å². The van der Waals surface area contributed by atoms with E-state index in [9.17, 15) is 4.79 Å². The van der Waals surface area contributed by atoms with Gasteiger partial charge in [0, 0.05) is 0 Å². The molecule has 1 heterocycles. The first-order chi connectivity index (χ1) is 7.29. The number of ether oxygens (including phenoxy) is 1. The zero-order valence-corrected chi connectivity index (χ0v) is 8.40. The molecule has 80 valence electrons. The first-order valence-electron chi connectivity index (χ1n) is 4.99. The minimum atomic E-state index is -0.136. The first kappa shape index (κ1) is 9.98. The maximum absolute atomic E-state index is 11.1. The van der Waals surface area contributed by atoms with Gasteiger partial charge in [0.25, 0.3) is 0 Å². The topological polar surface area (TPSA) is 64.4 Å². The smallest absolute Gasteiger partial charge is 0.234 e. The van der Waals surface area contributed by atoms with Crippen LogP contribution in [0.5, 0.6) is 5.75 Å². The molecule has 0 aromatic heterocycles. The van der Waals surface area contributed by atoms with Gasteiger partial charge in [-0.15, -0.1) is 0 Å². The van der Waals surface area contributed by atoms with Crippen molar-refractivity contribution in [3.63, 3.8) is 0 Å². The van der Waals surface area contributed by atoms with E-state index in [1.165, 1.54) is 0 Å². The molecule has 0 saturated heterocycles. The van der Waals surface area contributed by atoms with Gasteiger partial charge in [0.05, 0.1) is 12.6 Å². The SMILES string of the molecule is NCC(=O)NC1COc2ccccc2C1. The third kappa shape index (κ3) is 2.27. The van der Waals surface area contributed by atoms with Crippen molar-refractivity contribution in [2.45, 2.75) is 12.5 Å². The van der Waals surface area contributed by atoms with Crippen molar-refractivity contribution >= 4 is 5.91 Å². The number of nitrogens with two attached hydrogens (primary N) is 1. The number of amides is 1. The van der Waals surface area contributed by atoms with Gasteiger partial charge in [0.1, 0.15) is 12.4 Å². The Balaban J connectivity index is 2.02. The van der Waals surface area contributed by atoms with Gasteiger partial charge in [0.2, 0.25) is 5.91 Å². The van der Waals surface area contributed by atoms with E-state index in [-0.39, 0.29) is 18.5 Å². The summed E-state index contributed by atoms with van der Waals surface area (Å²) in [5.74, 6) is 0.777. The lowest BCUT2D eigenvalue weighted by molar-refractivity contribution is -0.120. The first-order valence-corrected chi connectivity index (χ1v) is 4.99. The van der Waals surface area contributed by atoms with Crippen molar-refractivity contribution in [2.24, 2.45) is 5.73 Å². The third-order valence-electron chi connectivity index (χ3n) is 2.43. The lowest BCUT2D eigenvalue weighted by Crippen LogP contribution is -2.45. The van der Waals surface area contributed by atoms with Crippen LogP contribution in [0.1, 0.15) is 5.56 Å². The van der Waals surface area contributed by atoms with Crippen LogP contribution in [0.4, 0.5) is 0 Å². The second-order valence-electron chi connectivity index (χ2n) is 3.59. The van der Waals surface area contributed by atoms with Gasteiger partial charge in [0.15, 0.2) is 0 Å². The number of nitrogens with one attached hydrogen (secondary N) is 1. The minimum absolute atomic E-state index is 0.0259. The van der Waals surface area contributed by atoms with Crippen LogP contribution in [-0.2, 0) is 11.2 Å². The Kier molecular flexibility index (Phi) is 2.87. The molecule has 1 aliphatic rings. The van der Waals surface area contributed by atoms with Crippen LogP contribution in [0, 0.1) is 0 Å². The summed E-state index contributed by atoms with van der Waals surface area (Å²) in [5.41, 5.74) is 6.36. The summed E-state index contributed by atoms with van der Waals surface area (Å²) >= 11 is 0. The Morgan fingerprint density at radius 3 is 3.13 bits per heavy atom. The van der Waals surface area contributed by atoms with Crippen molar-refractivity contribution in [1.82, 2.24) is 5.32 Å². The standard InChI is InChI=1S/C11H14N2O2/c12-6-11(14)13-9-5-8-3-1-2-4-10(8)15-7-9/h1-4,9H,5-7,12H2,(H,13,14). The van der Waals surface area contributed by atoms with E-state index in [1.807, 2.05) is 24.3 Å². The molecule has 4 nitrogen and oxygen atoms in total. The number of para-hydroxylation sites is 1. The fourth-order valence-corrected chi connectivity index (χ4v) is 1.71. The number of hydrogen-bond donors (Lipinski definition) is 2. The van der Waals surface area contributed by atoms with Crippen molar-refractivity contribution in [1.29, 1.82) is 0 Å². The van der Waals surface area contributed by atoms with Crippen LogP contribution >= 0.6 is 0 Å². The van der Waals surface area contributed by atoms with Crippen molar-refractivity contribution in [2.75, 3.05) is 13.2 Å². The molecule has 1 unspecified atom stereocenters. The van der Waals surface area contributed by atoms with Gasteiger partial charge in [-0.2, -0.15) is 0 Å². The van der Waals surface area contributed by atoms with Gasteiger partial charge in [-0.1, -0.05) is 18.2 Å². The van der Waals surface area contributed by atoms with Crippen LogP contribution in [0.2, 0.25) is 0 Å². The normalized spacial score (nSPS) is 18.9. The number of carbonyl (C=O) groups excluding carboxylic acids is 1. The lowest BCUT2D eigenvalue weighted by atomic mass is 10.0. The highest BCUT2D eigenvalue weighted by Crippen LogP contribution is 2.23. The predicted molar refractivity (Wildman–Crippen MR) is 56.6 cm³/mol. The summed E-state index contributed by atoms with van der Waals surface area (Å²) < 4.78 is 5.53. The Hall–Kier alpha value is -1.55. The minimum Gasteiger partial charge on any atom is -0.491 e. The largest absolute Gasteiger partial charge is 0.491 e. The highest BCUT2D eigenvalue weighted by atomic mass is 16.5. The van der Waals surface area contributed by atoms with E-state index in [0.29, 0.717) is 6.61 Å². The zero-order chi connectivity index (χ0) is 10.7. The summed E-state index contributed by atoms with van der Waals surface area (Å²) in [6.45, 7) is 0.543. The maximum atomic E-state index is 11.1. The summed E-state index contributed by atoms with van der Waals surface area (Å²) in [6, 6.07) is 7.90. The molecule has 0 fully saturated rings. The number of benzene rings is 1. The molecule has 0 spiro atoms. The third-order valence-corrected chi connectivity index (χ3v) is 2.43. The van der Waals surface area contributed by atoms with Crippen molar-refractivity contribution < 1.29 is 9.53 Å². The molecule has 1 atom stereocenters. The highest BCUT2D eigenvalue weighted by molar-refractivity contribution is 5.78. The molecule has 0 bridgehead atoms. The van der Waals surface area contributed by atoms with E-state index in [2.05, 4.69) is 5.32 Å². The van der Waals surface area contributed by atoms with Gasteiger partial charge >= 0.3 is 0 Å². The number of carbonyl (C=O) groups is 1. The second kappa shape index (κ2) is 4.31. The second-order valence-corrected chi connectivity index (χ2v) is 3.59. The van der Waals surface area contributed by atoms with Crippen LogP contribution in [0.15, 0.2) is 24.3 Å². The van der Waals surface area contributed by atoms with Crippen LogP contribution in [0.3, 0.4) is 0 Å². The monoisotopic (exact) mass is 206 g/mol. The molecule has 1 aliphatic heterocycles. The average Bonchev–Trinajstić information content (AvgIpc) is 2.29. The molecular formula is C11H14N2O2. The molecule has 15 heavy (non-hydrogen) atoms. The molecule has 0 saturated carbocycles. The summed E-state index contributed by atoms with van der Waals surface area (Å²) in [5, 5.41) is 2.82. The molecule has 1 aromatic rings. The lowest BCUT2D eigenvalue weighted by Gasteiger charge is -2.25. The number of hydrogen-bond acceptors (Lipinski definition) is 3. The predicted octanol–water partition coefficient (Wildman–Crippen LogP) is 0.0650. The quantitative estimate of drug-likeness (QED) is 0.719. The molecule has 0 aliphatic carbocycles. The maximum Gasteiger partial charge on any atom is 0.234 e. The number of rotatable bonds is 2. The van der Waals surface area contributed by atoms with E-state index in [0.717, 1.165) is 17.7 Å². The van der Waals surface area contributed by atoms with Crippen LogP contribution in [0.25, 0.3) is 0 Å². The van der Waals surface area contributed by atoms with Gasteiger partial charge in [-0.25, -0.2) is 0 Å². The molecule has 3 N–H and O–H groups in total. The van der Waals surface area contributed by atoms with E-state index < -0.39 is 0 Å². The Morgan fingerprint density at radius 2 is 2.33 bits per heavy atom. The summed E-state index contributed by atoms with van der Waals surface area (Å²) in [7, 11) is 0. The molecule has 1 aromatic carbocycles.